The van der Waals surface area contributed by atoms with E-state index in [2.05, 4.69) is 5.32 Å². The molecule has 1 aliphatic carbocycles. The van der Waals surface area contributed by atoms with Crippen LogP contribution in [-0.4, -0.2) is 22.7 Å². The van der Waals surface area contributed by atoms with E-state index in [9.17, 15) is 14.7 Å². The highest BCUT2D eigenvalue weighted by Gasteiger charge is 2.68. The standard InChI is InChI=1S/C14H17NO4/c1-13(2)9-14(13,11(16)17)15-12(18)19-8-10-6-4-3-5-7-10/h3-7H,8-9H2,1-2H3,(H,15,18)(H,16,17)/t14-/m0/s1. The van der Waals surface area contributed by atoms with Crippen LogP contribution >= 0.6 is 0 Å². The van der Waals surface area contributed by atoms with E-state index in [-0.39, 0.29) is 6.61 Å². The molecule has 1 aromatic carbocycles. The van der Waals surface area contributed by atoms with Crippen LogP contribution in [0, 0.1) is 5.41 Å². The van der Waals surface area contributed by atoms with Crippen LogP contribution < -0.4 is 5.32 Å². The van der Waals surface area contributed by atoms with Crippen molar-refractivity contribution in [3.63, 3.8) is 0 Å². The largest absolute Gasteiger partial charge is 0.479 e. The Balaban J connectivity index is 1.90. The normalized spacial score (nSPS) is 23.5. The van der Waals surface area contributed by atoms with Crippen molar-refractivity contribution in [2.75, 3.05) is 0 Å². The van der Waals surface area contributed by atoms with Gasteiger partial charge in [-0.3, -0.25) is 0 Å². The maximum atomic E-state index is 11.7. The molecule has 1 amide bonds. The third-order valence-corrected chi connectivity index (χ3v) is 3.63. The topological polar surface area (TPSA) is 75.6 Å². The molecule has 1 saturated carbocycles. The van der Waals surface area contributed by atoms with E-state index in [1.165, 1.54) is 0 Å². The van der Waals surface area contributed by atoms with Crippen molar-refractivity contribution >= 4 is 12.1 Å². The average molecular weight is 263 g/mol. The summed E-state index contributed by atoms with van der Waals surface area (Å²) in [6, 6.07) is 9.23. The van der Waals surface area contributed by atoms with Gasteiger partial charge in [0.2, 0.25) is 0 Å². The first-order chi connectivity index (χ1) is 8.87. The summed E-state index contributed by atoms with van der Waals surface area (Å²) >= 11 is 0. The third-order valence-electron chi connectivity index (χ3n) is 3.63. The van der Waals surface area contributed by atoms with Gasteiger partial charge >= 0.3 is 12.1 Å². The Bertz CT molecular complexity index is 497. The highest BCUT2D eigenvalue weighted by Crippen LogP contribution is 2.55. The van der Waals surface area contributed by atoms with Gasteiger partial charge in [0.15, 0.2) is 0 Å². The van der Waals surface area contributed by atoms with E-state index in [4.69, 9.17) is 4.74 Å². The van der Waals surface area contributed by atoms with Crippen LogP contribution in [-0.2, 0) is 16.1 Å². The lowest BCUT2D eigenvalue weighted by Crippen LogP contribution is -2.46. The van der Waals surface area contributed by atoms with Crippen molar-refractivity contribution in [3.8, 4) is 0 Å². The Morgan fingerprint density at radius 1 is 1.32 bits per heavy atom. The molecule has 5 nitrogen and oxygen atoms in total. The summed E-state index contributed by atoms with van der Waals surface area (Å²) in [6.45, 7) is 3.74. The molecule has 2 rings (SSSR count). The quantitative estimate of drug-likeness (QED) is 0.872. The van der Waals surface area contributed by atoms with Gasteiger partial charge in [0.25, 0.3) is 0 Å². The molecule has 19 heavy (non-hydrogen) atoms. The van der Waals surface area contributed by atoms with Gasteiger partial charge in [0, 0.05) is 5.41 Å². The van der Waals surface area contributed by atoms with Crippen molar-refractivity contribution in [2.24, 2.45) is 5.41 Å². The number of carbonyl (C=O) groups excluding carboxylic acids is 1. The monoisotopic (exact) mass is 263 g/mol. The summed E-state index contributed by atoms with van der Waals surface area (Å²) in [4.78, 5) is 22.9. The number of carbonyl (C=O) groups is 2. The van der Waals surface area contributed by atoms with Crippen molar-refractivity contribution in [1.29, 1.82) is 0 Å². The molecule has 0 saturated heterocycles. The van der Waals surface area contributed by atoms with Crippen LogP contribution in [0.3, 0.4) is 0 Å². The van der Waals surface area contributed by atoms with Crippen LogP contribution in [0.4, 0.5) is 4.79 Å². The smallest absolute Gasteiger partial charge is 0.408 e. The molecule has 0 radical (unpaired) electrons. The van der Waals surface area contributed by atoms with Crippen LogP contribution in [0.2, 0.25) is 0 Å². The summed E-state index contributed by atoms with van der Waals surface area (Å²) in [5.41, 5.74) is -0.775. The van der Waals surface area contributed by atoms with E-state index in [0.29, 0.717) is 6.42 Å². The Labute approximate surface area is 111 Å². The number of alkyl carbamates (subject to hydrolysis) is 1. The minimum absolute atomic E-state index is 0.128. The van der Waals surface area contributed by atoms with Crippen LogP contribution in [0.15, 0.2) is 30.3 Å². The van der Waals surface area contributed by atoms with Gasteiger partial charge in [-0.1, -0.05) is 44.2 Å². The zero-order chi connectivity index (χ0) is 14.1. The number of rotatable bonds is 4. The Morgan fingerprint density at radius 2 is 1.89 bits per heavy atom. The molecule has 0 heterocycles. The van der Waals surface area contributed by atoms with Crippen molar-refractivity contribution < 1.29 is 19.4 Å². The van der Waals surface area contributed by atoms with Gasteiger partial charge in [-0.05, 0) is 12.0 Å². The van der Waals surface area contributed by atoms with Crippen LogP contribution in [0.1, 0.15) is 25.8 Å². The first kappa shape index (κ1) is 13.4. The fourth-order valence-electron chi connectivity index (χ4n) is 2.18. The molecule has 0 spiro atoms. The summed E-state index contributed by atoms with van der Waals surface area (Å²) in [5.74, 6) is -1.02. The molecule has 1 fully saturated rings. The number of aliphatic carboxylic acids is 1. The number of amides is 1. The van der Waals surface area contributed by atoms with Crippen LogP contribution in [0.25, 0.3) is 0 Å². The third kappa shape index (κ3) is 2.54. The summed E-state index contributed by atoms with van der Waals surface area (Å²) in [7, 11) is 0. The van der Waals surface area contributed by atoms with E-state index in [1.54, 1.807) is 13.8 Å². The second kappa shape index (κ2) is 4.57. The van der Waals surface area contributed by atoms with Crippen molar-refractivity contribution in [3.05, 3.63) is 35.9 Å². The Hall–Kier alpha value is -2.04. The first-order valence-electron chi connectivity index (χ1n) is 6.10. The molecule has 0 aliphatic heterocycles. The lowest BCUT2D eigenvalue weighted by atomic mass is 10.1. The molecule has 0 bridgehead atoms. The van der Waals surface area contributed by atoms with Crippen LogP contribution in [0.5, 0.6) is 0 Å². The molecular weight excluding hydrogens is 246 g/mol. The predicted octanol–water partition coefficient (Wildman–Crippen LogP) is 2.17. The Morgan fingerprint density at radius 3 is 2.37 bits per heavy atom. The molecule has 102 valence electrons. The first-order valence-corrected chi connectivity index (χ1v) is 6.10. The van der Waals surface area contributed by atoms with E-state index in [1.807, 2.05) is 30.3 Å². The second-order valence-corrected chi connectivity index (χ2v) is 5.46. The van der Waals surface area contributed by atoms with E-state index in [0.717, 1.165) is 5.56 Å². The minimum Gasteiger partial charge on any atom is -0.479 e. The second-order valence-electron chi connectivity index (χ2n) is 5.46. The number of benzene rings is 1. The Kier molecular flexibility index (Phi) is 3.22. The van der Waals surface area contributed by atoms with Gasteiger partial charge in [-0.25, -0.2) is 9.59 Å². The number of carboxylic acid groups (broad SMARTS) is 1. The number of hydrogen-bond acceptors (Lipinski definition) is 3. The number of carboxylic acids is 1. The molecule has 1 atom stereocenters. The molecular formula is C14H17NO4. The molecule has 1 aliphatic rings. The maximum Gasteiger partial charge on any atom is 0.408 e. The maximum absolute atomic E-state index is 11.7. The SMILES string of the molecule is CC1(C)C[C@]1(NC(=O)OCc1ccccc1)C(=O)O. The van der Waals surface area contributed by atoms with Gasteiger partial charge in [-0.15, -0.1) is 0 Å². The zero-order valence-electron chi connectivity index (χ0n) is 11.0. The lowest BCUT2D eigenvalue weighted by Gasteiger charge is -2.17. The fourth-order valence-corrected chi connectivity index (χ4v) is 2.18. The van der Waals surface area contributed by atoms with Gasteiger partial charge in [-0.2, -0.15) is 0 Å². The fraction of sp³-hybridized carbons (Fsp3) is 0.429. The molecule has 0 unspecified atom stereocenters. The summed E-state index contributed by atoms with van der Waals surface area (Å²) in [5, 5.41) is 11.7. The molecule has 5 heteroatoms. The minimum atomic E-state index is -1.19. The molecule has 1 aromatic rings. The number of ether oxygens (including phenoxy) is 1. The highest BCUT2D eigenvalue weighted by molar-refractivity contribution is 5.89. The van der Waals surface area contributed by atoms with E-state index >= 15 is 0 Å². The van der Waals surface area contributed by atoms with Gasteiger partial charge in [0.1, 0.15) is 12.1 Å². The number of hydrogen-bond donors (Lipinski definition) is 2. The lowest BCUT2D eigenvalue weighted by molar-refractivity contribution is -0.141. The number of nitrogens with one attached hydrogen (secondary N) is 1. The van der Waals surface area contributed by atoms with Gasteiger partial charge < -0.3 is 15.2 Å². The highest BCUT2D eigenvalue weighted by atomic mass is 16.5. The van der Waals surface area contributed by atoms with Gasteiger partial charge in [0.05, 0.1) is 0 Å². The summed E-state index contributed by atoms with van der Waals surface area (Å²) in [6.07, 6.45) is -0.285. The molecule has 0 aromatic heterocycles. The predicted molar refractivity (Wildman–Crippen MR) is 68.5 cm³/mol. The van der Waals surface area contributed by atoms with Crippen molar-refractivity contribution in [1.82, 2.24) is 5.32 Å². The zero-order valence-corrected chi connectivity index (χ0v) is 11.0. The van der Waals surface area contributed by atoms with Crippen molar-refractivity contribution in [2.45, 2.75) is 32.4 Å². The van der Waals surface area contributed by atoms with E-state index < -0.39 is 23.0 Å². The molecule has 2 N–H and O–H groups in total. The summed E-state index contributed by atoms with van der Waals surface area (Å²) < 4.78 is 5.03. The average Bonchev–Trinajstić information content (AvgIpc) is 2.91.